The first-order valence-electron chi connectivity index (χ1n) is 8.29. The highest BCUT2D eigenvalue weighted by atomic mass is 35.5. The Kier molecular flexibility index (Phi) is 4.87. The maximum atomic E-state index is 13.2. The second-order valence-electron chi connectivity index (χ2n) is 6.15. The Morgan fingerprint density at radius 2 is 2.19 bits per heavy atom. The van der Waals surface area contributed by atoms with E-state index in [-0.39, 0.29) is 5.91 Å². The lowest BCUT2D eigenvalue weighted by atomic mass is 10.1. The van der Waals surface area contributed by atoms with E-state index in [2.05, 4.69) is 15.1 Å². The van der Waals surface area contributed by atoms with Gasteiger partial charge in [0, 0.05) is 37.7 Å². The minimum absolute atomic E-state index is 0.0872. The summed E-state index contributed by atoms with van der Waals surface area (Å²) in [5.74, 6) is -0.0872. The first-order chi connectivity index (χ1) is 13.1. The predicted molar refractivity (Wildman–Crippen MR) is 106 cm³/mol. The third-order valence-electron chi connectivity index (χ3n) is 4.16. The molecule has 0 radical (unpaired) electrons. The molecule has 0 bridgehead atoms. The number of aryl methyl sites for hydroxylation is 1. The van der Waals surface area contributed by atoms with Crippen LogP contribution < -0.4 is 0 Å². The van der Waals surface area contributed by atoms with Crippen LogP contribution in [0.1, 0.15) is 21.6 Å². The third kappa shape index (κ3) is 3.84. The fourth-order valence-electron chi connectivity index (χ4n) is 2.88. The standard InChI is InChI=1S/C19H16ClN5OS/c1-24-10-15(20)17(23-24)11-25(9-13-3-2-6-21-8-13)19(26)14-4-5-16-18(7-14)27-12-22-16/h2-8,10,12H,9,11H2,1H3. The highest BCUT2D eigenvalue weighted by Crippen LogP contribution is 2.22. The van der Waals surface area contributed by atoms with E-state index >= 15 is 0 Å². The van der Waals surface area contributed by atoms with E-state index in [4.69, 9.17) is 11.6 Å². The molecule has 4 rings (SSSR count). The van der Waals surface area contributed by atoms with E-state index in [1.165, 1.54) is 11.3 Å². The van der Waals surface area contributed by atoms with Gasteiger partial charge in [0.15, 0.2) is 0 Å². The number of carbonyl (C=O) groups is 1. The van der Waals surface area contributed by atoms with Gasteiger partial charge in [0.1, 0.15) is 5.69 Å². The highest BCUT2D eigenvalue weighted by Gasteiger charge is 2.20. The molecule has 3 aromatic heterocycles. The van der Waals surface area contributed by atoms with Gasteiger partial charge < -0.3 is 4.90 Å². The van der Waals surface area contributed by atoms with E-state index < -0.39 is 0 Å². The molecule has 1 aromatic carbocycles. The van der Waals surface area contributed by atoms with Crippen LogP contribution in [0, 0.1) is 0 Å². The van der Waals surface area contributed by atoms with Gasteiger partial charge in [-0.3, -0.25) is 14.5 Å². The van der Waals surface area contributed by atoms with Gasteiger partial charge in [-0.2, -0.15) is 5.10 Å². The molecule has 0 unspecified atom stereocenters. The van der Waals surface area contributed by atoms with Gasteiger partial charge in [-0.25, -0.2) is 4.98 Å². The summed E-state index contributed by atoms with van der Waals surface area (Å²) in [4.78, 5) is 23.4. The van der Waals surface area contributed by atoms with Crippen molar-refractivity contribution in [1.82, 2.24) is 24.6 Å². The normalized spacial score (nSPS) is 11.0. The zero-order valence-corrected chi connectivity index (χ0v) is 16.1. The predicted octanol–water partition coefficient (Wildman–Crippen LogP) is 3.92. The van der Waals surface area contributed by atoms with E-state index in [9.17, 15) is 4.79 Å². The number of aromatic nitrogens is 4. The number of nitrogens with zero attached hydrogens (tertiary/aromatic N) is 5. The van der Waals surface area contributed by atoms with Crippen LogP contribution in [0.3, 0.4) is 0 Å². The van der Waals surface area contributed by atoms with Crippen LogP contribution in [-0.4, -0.2) is 30.6 Å². The Morgan fingerprint density at radius 1 is 1.30 bits per heavy atom. The molecule has 0 fully saturated rings. The summed E-state index contributed by atoms with van der Waals surface area (Å²) in [6.07, 6.45) is 5.20. The van der Waals surface area contributed by atoms with E-state index in [1.807, 2.05) is 24.3 Å². The van der Waals surface area contributed by atoms with Crippen molar-refractivity contribution in [3.8, 4) is 0 Å². The van der Waals surface area contributed by atoms with Crippen LogP contribution in [0.25, 0.3) is 10.2 Å². The molecule has 0 spiro atoms. The lowest BCUT2D eigenvalue weighted by molar-refractivity contribution is 0.0727. The second-order valence-corrected chi connectivity index (χ2v) is 7.45. The molecule has 8 heteroatoms. The Labute approximate surface area is 165 Å². The summed E-state index contributed by atoms with van der Waals surface area (Å²) >= 11 is 7.78. The number of fused-ring (bicyclic) bond motifs is 1. The lowest BCUT2D eigenvalue weighted by Gasteiger charge is -2.22. The number of thiazole rings is 1. The van der Waals surface area contributed by atoms with Crippen LogP contribution in [0.5, 0.6) is 0 Å². The van der Waals surface area contributed by atoms with Gasteiger partial charge in [0.25, 0.3) is 5.91 Å². The maximum Gasteiger partial charge on any atom is 0.254 e. The molecule has 0 atom stereocenters. The lowest BCUT2D eigenvalue weighted by Crippen LogP contribution is -2.30. The molecular formula is C19H16ClN5OS. The van der Waals surface area contributed by atoms with Crippen molar-refractivity contribution < 1.29 is 4.79 Å². The number of pyridine rings is 1. The minimum atomic E-state index is -0.0872. The third-order valence-corrected chi connectivity index (χ3v) is 5.26. The number of benzene rings is 1. The van der Waals surface area contributed by atoms with Crippen molar-refractivity contribution in [2.45, 2.75) is 13.1 Å². The van der Waals surface area contributed by atoms with Crippen molar-refractivity contribution >= 4 is 39.1 Å². The SMILES string of the molecule is Cn1cc(Cl)c(CN(Cc2cccnc2)C(=O)c2ccc3ncsc3c2)n1. The summed E-state index contributed by atoms with van der Waals surface area (Å²) in [5, 5.41) is 4.92. The summed E-state index contributed by atoms with van der Waals surface area (Å²) in [6, 6.07) is 9.36. The molecular weight excluding hydrogens is 382 g/mol. The molecule has 0 aliphatic rings. The molecule has 0 aliphatic heterocycles. The Hall–Kier alpha value is -2.77. The Balaban J connectivity index is 1.66. The average Bonchev–Trinajstić information content (AvgIpc) is 3.26. The first-order valence-corrected chi connectivity index (χ1v) is 9.55. The summed E-state index contributed by atoms with van der Waals surface area (Å²) in [5.41, 5.74) is 4.89. The van der Waals surface area contributed by atoms with Crippen molar-refractivity contribution in [2.75, 3.05) is 0 Å². The summed E-state index contributed by atoms with van der Waals surface area (Å²) in [7, 11) is 1.81. The maximum absolute atomic E-state index is 13.2. The summed E-state index contributed by atoms with van der Waals surface area (Å²) < 4.78 is 2.63. The van der Waals surface area contributed by atoms with Crippen LogP contribution >= 0.6 is 22.9 Å². The number of amides is 1. The zero-order valence-electron chi connectivity index (χ0n) is 14.5. The first kappa shape index (κ1) is 17.6. The number of halogens is 1. The molecule has 0 aliphatic carbocycles. The van der Waals surface area contributed by atoms with Gasteiger partial charge >= 0.3 is 0 Å². The quantitative estimate of drug-likeness (QED) is 0.512. The topological polar surface area (TPSA) is 63.9 Å². The number of rotatable bonds is 5. The molecule has 3 heterocycles. The minimum Gasteiger partial charge on any atom is -0.328 e. The smallest absolute Gasteiger partial charge is 0.254 e. The molecule has 0 saturated carbocycles. The van der Waals surface area contributed by atoms with Crippen LogP contribution in [0.4, 0.5) is 0 Å². The number of hydrogen-bond acceptors (Lipinski definition) is 5. The van der Waals surface area contributed by atoms with Crippen LogP contribution in [0.2, 0.25) is 5.02 Å². The molecule has 6 nitrogen and oxygen atoms in total. The van der Waals surface area contributed by atoms with E-state index in [0.29, 0.717) is 29.4 Å². The van der Waals surface area contributed by atoms with Gasteiger partial charge in [0.2, 0.25) is 0 Å². The molecule has 27 heavy (non-hydrogen) atoms. The molecule has 0 saturated heterocycles. The van der Waals surface area contributed by atoms with Crippen molar-refractivity contribution in [1.29, 1.82) is 0 Å². The molecule has 4 aromatic rings. The van der Waals surface area contributed by atoms with Crippen molar-refractivity contribution in [3.63, 3.8) is 0 Å². The average molecular weight is 398 g/mol. The zero-order chi connectivity index (χ0) is 18.8. The number of hydrogen-bond donors (Lipinski definition) is 0. The Bertz CT molecular complexity index is 1090. The van der Waals surface area contributed by atoms with Crippen molar-refractivity contribution in [3.05, 3.63) is 76.3 Å². The van der Waals surface area contributed by atoms with E-state index in [0.717, 1.165) is 15.8 Å². The fraction of sp³-hybridized carbons (Fsp3) is 0.158. The summed E-state index contributed by atoms with van der Waals surface area (Å²) in [6.45, 7) is 0.731. The second kappa shape index (κ2) is 7.46. The molecule has 136 valence electrons. The van der Waals surface area contributed by atoms with E-state index in [1.54, 1.807) is 46.8 Å². The van der Waals surface area contributed by atoms with Gasteiger partial charge in [-0.15, -0.1) is 11.3 Å². The van der Waals surface area contributed by atoms with Crippen LogP contribution in [0.15, 0.2) is 54.4 Å². The van der Waals surface area contributed by atoms with Gasteiger partial charge in [-0.05, 0) is 29.8 Å². The number of carbonyl (C=O) groups excluding carboxylic acids is 1. The monoisotopic (exact) mass is 397 g/mol. The van der Waals surface area contributed by atoms with Crippen LogP contribution in [-0.2, 0) is 20.1 Å². The fourth-order valence-corrected chi connectivity index (χ4v) is 3.83. The van der Waals surface area contributed by atoms with Gasteiger partial charge in [-0.1, -0.05) is 17.7 Å². The van der Waals surface area contributed by atoms with Gasteiger partial charge in [0.05, 0.1) is 27.3 Å². The largest absolute Gasteiger partial charge is 0.328 e. The van der Waals surface area contributed by atoms with Crippen molar-refractivity contribution in [2.24, 2.45) is 7.05 Å². The highest BCUT2D eigenvalue weighted by molar-refractivity contribution is 7.16. The molecule has 0 N–H and O–H groups in total. The molecule has 1 amide bonds. The Morgan fingerprint density at radius 3 is 2.93 bits per heavy atom.